The van der Waals surface area contributed by atoms with Gasteiger partial charge in [0.15, 0.2) is 0 Å². The van der Waals surface area contributed by atoms with Crippen LogP contribution in [-0.4, -0.2) is 15.9 Å². The summed E-state index contributed by atoms with van der Waals surface area (Å²) >= 11 is 1.49. The van der Waals surface area contributed by atoms with Crippen molar-refractivity contribution in [2.75, 3.05) is 5.32 Å². The molecule has 0 radical (unpaired) electrons. The second-order valence-electron chi connectivity index (χ2n) is 5.67. The minimum absolute atomic E-state index is 0.0998. The van der Waals surface area contributed by atoms with Crippen LogP contribution >= 0.6 is 11.3 Å². The molecule has 4 rings (SSSR count). The molecule has 0 aliphatic rings. The van der Waals surface area contributed by atoms with Crippen molar-refractivity contribution < 1.29 is 4.79 Å². The van der Waals surface area contributed by atoms with Crippen LogP contribution in [0, 0.1) is 6.92 Å². The standard InChI is InChI=1S/C20H15N3OS/c1-13-21-10-9-17(22-13)14-6-4-7-16(11-14)23-20(24)19-12-15-5-2-3-8-18(15)25-19/h2-12H,1H3,(H,23,24). The molecule has 0 aliphatic heterocycles. The van der Waals surface area contributed by atoms with E-state index in [9.17, 15) is 4.79 Å². The maximum atomic E-state index is 12.6. The van der Waals surface area contributed by atoms with Gasteiger partial charge in [0.1, 0.15) is 5.82 Å². The number of carbonyl (C=O) groups excluding carboxylic acids is 1. The summed E-state index contributed by atoms with van der Waals surface area (Å²) in [5.41, 5.74) is 2.53. The highest BCUT2D eigenvalue weighted by atomic mass is 32.1. The van der Waals surface area contributed by atoms with E-state index in [0.717, 1.165) is 32.9 Å². The third-order valence-corrected chi connectivity index (χ3v) is 4.96. The summed E-state index contributed by atoms with van der Waals surface area (Å²) in [6.45, 7) is 1.86. The fraction of sp³-hybridized carbons (Fsp3) is 0.0500. The van der Waals surface area contributed by atoms with Gasteiger partial charge in [0.2, 0.25) is 0 Å². The fourth-order valence-electron chi connectivity index (χ4n) is 2.66. The van der Waals surface area contributed by atoms with E-state index in [0.29, 0.717) is 4.88 Å². The van der Waals surface area contributed by atoms with Crippen LogP contribution in [0.1, 0.15) is 15.5 Å². The Balaban J connectivity index is 1.60. The van der Waals surface area contributed by atoms with Crippen LogP contribution < -0.4 is 5.32 Å². The molecule has 0 bridgehead atoms. The zero-order valence-electron chi connectivity index (χ0n) is 13.6. The predicted octanol–water partition coefficient (Wildman–Crippen LogP) is 4.92. The van der Waals surface area contributed by atoms with E-state index in [1.54, 1.807) is 6.20 Å². The topological polar surface area (TPSA) is 54.9 Å². The van der Waals surface area contributed by atoms with Crippen molar-refractivity contribution >= 4 is 33.0 Å². The van der Waals surface area contributed by atoms with E-state index in [1.165, 1.54) is 11.3 Å². The molecule has 2 heterocycles. The lowest BCUT2D eigenvalue weighted by Gasteiger charge is -2.06. The van der Waals surface area contributed by atoms with Gasteiger partial charge in [0.25, 0.3) is 5.91 Å². The SMILES string of the molecule is Cc1nccc(-c2cccc(NC(=O)c3cc4ccccc4s3)c2)n1. The lowest BCUT2D eigenvalue weighted by molar-refractivity contribution is 0.103. The predicted molar refractivity (Wildman–Crippen MR) is 102 cm³/mol. The Morgan fingerprint density at radius 1 is 1.04 bits per heavy atom. The maximum Gasteiger partial charge on any atom is 0.265 e. The summed E-state index contributed by atoms with van der Waals surface area (Å²) in [6.07, 6.45) is 1.74. The Morgan fingerprint density at radius 3 is 2.76 bits per heavy atom. The van der Waals surface area contributed by atoms with Crippen molar-refractivity contribution in [3.63, 3.8) is 0 Å². The van der Waals surface area contributed by atoms with E-state index in [4.69, 9.17) is 0 Å². The van der Waals surface area contributed by atoms with Gasteiger partial charge in [0.05, 0.1) is 10.6 Å². The third kappa shape index (κ3) is 3.27. The number of aromatic nitrogens is 2. The van der Waals surface area contributed by atoms with Crippen molar-refractivity contribution in [2.24, 2.45) is 0 Å². The number of benzene rings is 2. The first-order chi connectivity index (χ1) is 12.2. The van der Waals surface area contributed by atoms with Crippen molar-refractivity contribution in [2.45, 2.75) is 6.92 Å². The van der Waals surface area contributed by atoms with Gasteiger partial charge in [-0.2, -0.15) is 0 Å². The average molecular weight is 345 g/mol. The Hall–Kier alpha value is -3.05. The number of hydrogen-bond acceptors (Lipinski definition) is 4. The van der Waals surface area contributed by atoms with E-state index in [2.05, 4.69) is 15.3 Å². The minimum Gasteiger partial charge on any atom is -0.321 e. The van der Waals surface area contributed by atoms with Crippen molar-refractivity contribution in [1.29, 1.82) is 0 Å². The molecule has 0 saturated heterocycles. The number of anilines is 1. The van der Waals surface area contributed by atoms with E-state index in [-0.39, 0.29) is 5.91 Å². The molecule has 2 aromatic heterocycles. The fourth-order valence-corrected chi connectivity index (χ4v) is 3.62. The van der Waals surface area contributed by atoms with Gasteiger partial charge in [-0.15, -0.1) is 11.3 Å². The Labute approximate surface area is 149 Å². The molecule has 0 saturated carbocycles. The largest absolute Gasteiger partial charge is 0.321 e. The van der Waals surface area contributed by atoms with Crippen LogP contribution in [-0.2, 0) is 0 Å². The maximum absolute atomic E-state index is 12.6. The molecule has 5 heteroatoms. The first-order valence-corrected chi connectivity index (χ1v) is 8.71. The molecule has 0 atom stereocenters. The number of thiophene rings is 1. The van der Waals surface area contributed by atoms with Crippen LogP contribution in [0.3, 0.4) is 0 Å². The van der Waals surface area contributed by atoms with Gasteiger partial charge in [-0.3, -0.25) is 4.79 Å². The molecular weight excluding hydrogens is 330 g/mol. The second kappa shape index (κ2) is 6.45. The summed E-state index contributed by atoms with van der Waals surface area (Å²) in [7, 11) is 0. The highest BCUT2D eigenvalue weighted by Crippen LogP contribution is 2.27. The number of amides is 1. The van der Waals surface area contributed by atoms with E-state index >= 15 is 0 Å². The Morgan fingerprint density at radius 2 is 1.92 bits per heavy atom. The molecule has 25 heavy (non-hydrogen) atoms. The van der Waals surface area contributed by atoms with Gasteiger partial charge in [-0.05, 0) is 42.6 Å². The molecule has 4 aromatic rings. The molecule has 122 valence electrons. The van der Waals surface area contributed by atoms with Crippen LogP contribution in [0.4, 0.5) is 5.69 Å². The van der Waals surface area contributed by atoms with Crippen molar-refractivity contribution in [1.82, 2.24) is 9.97 Å². The highest BCUT2D eigenvalue weighted by Gasteiger charge is 2.11. The summed E-state index contributed by atoms with van der Waals surface area (Å²) in [5, 5.41) is 4.06. The first kappa shape index (κ1) is 15.5. The first-order valence-electron chi connectivity index (χ1n) is 7.89. The number of fused-ring (bicyclic) bond motifs is 1. The van der Waals surface area contributed by atoms with Gasteiger partial charge in [-0.1, -0.05) is 30.3 Å². The number of carbonyl (C=O) groups is 1. The molecule has 0 aliphatic carbocycles. The summed E-state index contributed by atoms with van der Waals surface area (Å²) in [6, 6.07) is 19.5. The van der Waals surface area contributed by atoms with Crippen molar-refractivity contribution in [3.8, 4) is 11.3 Å². The van der Waals surface area contributed by atoms with Gasteiger partial charge >= 0.3 is 0 Å². The molecule has 1 N–H and O–H groups in total. The second-order valence-corrected chi connectivity index (χ2v) is 6.76. The van der Waals surface area contributed by atoms with E-state index in [1.807, 2.05) is 67.6 Å². The summed E-state index contributed by atoms with van der Waals surface area (Å²) in [4.78, 5) is 21.8. The van der Waals surface area contributed by atoms with E-state index < -0.39 is 0 Å². The molecule has 0 fully saturated rings. The smallest absolute Gasteiger partial charge is 0.265 e. The Bertz CT molecular complexity index is 1040. The average Bonchev–Trinajstić information content (AvgIpc) is 3.06. The summed E-state index contributed by atoms with van der Waals surface area (Å²) < 4.78 is 1.11. The molecule has 0 unspecified atom stereocenters. The minimum atomic E-state index is -0.0998. The highest BCUT2D eigenvalue weighted by molar-refractivity contribution is 7.20. The van der Waals surface area contributed by atoms with Gasteiger partial charge in [-0.25, -0.2) is 9.97 Å². The molecule has 2 aromatic carbocycles. The normalized spacial score (nSPS) is 10.8. The van der Waals surface area contributed by atoms with Crippen LogP contribution in [0.5, 0.6) is 0 Å². The Kier molecular flexibility index (Phi) is 3.99. The van der Waals surface area contributed by atoms with Gasteiger partial charge < -0.3 is 5.32 Å². The molecular formula is C20H15N3OS. The van der Waals surface area contributed by atoms with Crippen LogP contribution in [0.25, 0.3) is 21.3 Å². The zero-order valence-corrected chi connectivity index (χ0v) is 14.4. The quantitative estimate of drug-likeness (QED) is 0.573. The number of nitrogens with zero attached hydrogens (tertiary/aromatic N) is 2. The summed E-state index contributed by atoms with van der Waals surface area (Å²) in [5.74, 6) is 0.620. The monoisotopic (exact) mass is 345 g/mol. The molecule has 0 spiro atoms. The van der Waals surface area contributed by atoms with Gasteiger partial charge in [0, 0.05) is 22.1 Å². The third-order valence-electron chi connectivity index (χ3n) is 3.84. The molecule has 4 nitrogen and oxygen atoms in total. The lowest BCUT2D eigenvalue weighted by Crippen LogP contribution is -2.10. The van der Waals surface area contributed by atoms with Crippen LogP contribution in [0.15, 0.2) is 66.9 Å². The lowest BCUT2D eigenvalue weighted by atomic mass is 10.1. The molecule has 1 amide bonds. The number of hydrogen-bond donors (Lipinski definition) is 1. The zero-order chi connectivity index (χ0) is 17.2. The van der Waals surface area contributed by atoms with Crippen LogP contribution in [0.2, 0.25) is 0 Å². The van der Waals surface area contributed by atoms with Crippen molar-refractivity contribution in [3.05, 3.63) is 77.6 Å². The number of nitrogens with one attached hydrogen (secondary N) is 1. The number of aryl methyl sites for hydroxylation is 1. The number of rotatable bonds is 3.